The summed E-state index contributed by atoms with van der Waals surface area (Å²) in [5, 5.41) is 20.3. The highest BCUT2D eigenvalue weighted by Gasteiger charge is 2.33. The van der Waals surface area contributed by atoms with Gasteiger partial charge in [0.15, 0.2) is 13.4 Å². The van der Waals surface area contributed by atoms with Gasteiger partial charge in [-0.05, 0) is 128 Å². The van der Waals surface area contributed by atoms with Crippen molar-refractivity contribution in [3.05, 3.63) is 169 Å². The molecule has 9 rings (SSSR count). The van der Waals surface area contributed by atoms with Gasteiger partial charge in [-0.25, -0.2) is 0 Å². The zero-order valence-electron chi connectivity index (χ0n) is 35.2. The second-order valence-electron chi connectivity index (χ2n) is 17.6. The van der Waals surface area contributed by atoms with Gasteiger partial charge in [0, 0.05) is 10.5 Å². The number of rotatable bonds is 11. The van der Waals surface area contributed by atoms with E-state index in [0.29, 0.717) is 19.2 Å². The molecule has 292 valence electrons. The lowest BCUT2D eigenvalue weighted by molar-refractivity contribution is 0.496. The highest BCUT2D eigenvalue weighted by Crippen LogP contribution is 2.58. The quantitative estimate of drug-likeness (QED) is 0.123. The molecule has 2 nitrogen and oxygen atoms in total. The van der Waals surface area contributed by atoms with Crippen molar-refractivity contribution in [1.82, 2.24) is 0 Å². The van der Waals surface area contributed by atoms with E-state index in [1.165, 1.54) is 59.1 Å². The van der Waals surface area contributed by atoms with Crippen LogP contribution in [0.25, 0.3) is 55.6 Å². The summed E-state index contributed by atoms with van der Waals surface area (Å²) in [6, 6.07) is 62.3. The minimum atomic E-state index is -1.37. The Labute approximate surface area is 359 Å². The smallest absolute Gasteiger partial charge is 0.177 e. The summed E-state index contributed by atoms with van der Waals surface area (Å²) in [6.45, 7) is 5.65. The molecule has 0 saturated heterocycles. The second-order valence-corrected chi connectivity index (χ2v) is 21.1. The Kier molecular flexibility index (Phi) is 10.9. The van der Waals surface area contributed by atoms with Crippen molar-refractivity contribution in [2.45, 2.75) is 67.2 Å². The van der Waals surface area contributed by atoms with Crippen LogP contribution >= 0.6 is 10.0 Å². The first-order valence-corrected chi connectivity index (χ1v) is 24.0. The first-order valence-electron chi connectivity index (χ1n) is 21.5. The molecule has 0 spiro atoms. The summed E-state index contributed by atoms with van der Waals surface area (Å²) in [5.74, 6) is 1.49. The van der Waals surface area contributed by atoms with Gasteiger partial charge in [0.2, 0.25) is 0 Å². The molecule has 0 radical (unpaired) electrons. The van der Waals surface area contributed by atoms with Crippen molar-refractivity contribution in [1.29, 1.82) is 10.5 Å². The van der Waals surface area contributed by atoms with Crippen LogP contribution in [0, 0.1) is 22.7 Å². The lowest BCUT2D eigenvalue weighted by atomic mass is 9.35. The topological polar surface area (TPSA) is 47.6 Å². The Morgan fingerprint density at radius 1 is 0.450 bits per heavy atom. The minimum Gasteiger partial charge on any atom is -0.192 e. The third kappa shape index (κ3) is 7.88. The van der Waals surface area contributed by atoms with Crippen LogP contribution in [0.4, 0.5) is 0 Å². The third-order valence-electron chi connectivity index (χ3n) is 13.6. The Morgan fingerprint density at radius 2 is 0.933 bits per heavy atom. The van der Waals surface area contributed by atoms with Gasteiger partial charge in [0.1, 0.15) is 6.07 Å². The van der Waals surface area contributed by atoms with E-state index < -0.39 is 10.0 Å². The van der Waals surface area contributed by atoms with E-state index in [9.17, 15) is 10.5 Å². The molecular formula is C55H50B2N2S. The van der Waals surface area contributed by atoms with Gasteiger partial charge in [0.25, 0.3) is 0 Å². The van der Waals surface area contributed by atoms with Crippen LogP contribution in [0.2, 0.25) is 25.3 Å². The van der Waals surface area contributed by atoms with Gasteiger partial charge in [-0.15, -0.1) is 0 Å². The van der Waals surface area contributed by atoms with Crippen molar-refractivity contribution in [3.8, 4) is 67.8 Å². The molecule has 0 N–H and O–H groups in total. The van der Waals surface area contributed by atoms with E-state index in [-0.39, 0.29) is 0 Å². The Morgan fingerprint density at radius 3 is 1.52 bits per heavy atom. The van der Waals surface area contributed by atoms with Crippen LogP contribution in [0.5, 0.6) is 0 Å². The van der Waals surface area contributed by atoms with E-state index in [1.54, 1.807) is 0 Å². The van der Waals surface area contributed by atoms with Crippen LogP contribution in [0.3, 0.4) is 0 Å². The molecule has 0 heterocycles. The van der Waals surface area contributed by atoms with Crippen molar-refractivity contribution in [2.24, 2.45) is 0 Å². The summed E-state index contributed by atoms with van der Waals surface area (Å²) in [7, 11) is -1.37. The number of nitrogens with zero attached hydrogens (tertiary/aromatic N) is 2. The molecule has 7 aromatic carbocycles. The molecule has 7 aromatic rings. The number of nitriles is 2. The highest BCUT2D eigenvalue weighted by atomic mass is 32.3. The minimum absolute atomic E-state index is 0.398. The predicted molar refractivity (Wildman–Crippen MR) is 259 cm³/mol. The monoisotopic (exact) mass is 792 g/mol. The van der Waals surface area contributed by atoms with Gasteiger partial charge in [-0.3, -0.25) is 0 Å². The number of benzene rings is 7. The van der Waals surface area contributed by atoms with Crippen molar-refractivity contribution < 1.29 is 0 Å². The maximum absolute atomic E-state index is 10.4. The van der Waals surface area contributed by atoms with E-state index in [0.717, 1.165) is 66.3 Å². The molecule has 0 atom stereocenters. The van der Waals surface area contributed by atoms with Crippen LogP contribution in [0.15, 0.2) is 168 Å². The van der Waals surface area contributed by atoms with E-state index in [1.807, 2.05) is 12.1 Å². The molecule has 2 aliphatic carbocycles. The van der Waals surface area contributed by atoms with Gasteiger partial charge >= 0.3 is 0 Å². The molecular weight excluding hydrogens is 742 g/mol. The van der Waals surface area contributed by atoms with Crippen molar-refractivity contribution >= 4 is 34.4 Å². The molecule has 60 heavy (non-hydrogen) atoms. The van der Waals surface area contributed by atoms with Crippen molar-refractivity contribution in [2.75, 3.05) is 12.5 Å². The first kappa shape index (κ1) is 39.5. The van der Waals surface area contributed by atoms with Crippen LogP contribution in [-0.2, 0) is 0 Å². The second kappa shape index (κ2) is 16.6. The Bertz CT molecular complexity index is 2770. The zero-order valence-corrected chi connectivity index (χ0v) is 36.0. The molecule has 2 fully saturated rings. The fraction of sp³-hybridized carbons (Fsp3) is 0.200. The normalized spacial score (nSPS) is 14.1. The van der Waals surface area contributed by atoms with Gasteiger partial charge in [-0.1, -0.05) is 171 Å². The average molecular weight is 793 g/mol. The van der Waals surface area contributed by atoms with Gasteiger partial charge in [0.05, 0.1) is 11.6 Å². The lowest BCUT2D eigenvalue weighted by Gasteiger charge is -2.33. The highest BCUT2D eigenvalue weighted by molar-refractivity contribution is 8.32. The third-order valence-corrected chi connectivity index (χ3v) is 16.5. The molecule has 0 unspecified atom stereocenters. The number of hydrogen-bond acceptors (Lipinski definition) is 2. The molecule has 2 aliphatic rings. The van der Waals surface area contributed by atoms with Crippen molar-refractivity contribution in [3.63, 3.8) is 0 Å². The van der Waals surface area contributed by atoms with Crippen LogP contribution < -0.4 is 10.9 Å². The van der Waals surface area contributed by atoms with E-state index in [2.05, 4.69) is 184 Å². The standard InChI is InChI=1S/C55H50B2N2S/c1-56(50-12-9-13-50)51-25-22-40(23-26-51)47-32-46(39-18-16-38(17-19-39)44-20-21-45(36-58)54(35-44)57(2)52-27-28-52)33-48(34-47)42-11-8-10-41(30-42)43-24-29-55(49(31-43)37-59)60(3,4)53-14-6-5-7-15-53/h5-8,10-11,14-26,29-35,50,52H,9,12-13,27-28H2,1-4H3. The molecule has 0 aliphatic heterocycles. The fourth-order valence-electron chi connectivity index (χ4n) is 9.25. The summed E-state index contributed by atoms with van der Waals surface area (Å²) >= 11 is 0. The zero-order chi connectivity index (χ0) is 41.4. The summed E-state index contributed by atoms with van der Waals surface area (Å²) in [4.78, 5) is 2.38. The first-order chi connectivity index (χ1) is 29.2. The number of hydrogen-bond donors (Lipinski definition) is 0. The van der Waals surface area contributed by atoms with Crippen LogP contribution in [0.1, 0.15) is 43.2 Å². The lowest BCUT2D eigenvalue weighted by Crippen LogP contribution is -2.34. The molecule has 0 bridgehead atoms. The molecule has 2 saturated carbocycles. The Hall–Kier alpha value is -6.00. The van der Waals surface area contributed by atoms with E-state index >= 15 is 0 Å². The summed E-state index contributed by atoms with van der Waals surface area (Å²) in [5.41, 5.74) is 15.6. The maximum Gasteiger partial charge on any atom is 0.177 e. The summed E-state index contributed by atoms with van der Waals surface area (Å²) in [6.07, 6.45) is 11.1. The summed E-state index contributed by atoms with van der Waals surface area (Å²) < 4.78 is 0. The van der Waals surface area contributed by atoms with Gasteiger partial charge in [-0.2, -0.15) is 20.6 Å². The molecule has 5 heteroatoms. The molecule has 0 amide bonds. The largest absolute Gasteiger partial charge is 0.192 e. The van der Waals surface area contributed by atoms with Gasteiger partial charge < -0.3 is 0 Å². The maximum atomic E-state index is 10.4. The van der Waals surface area contributed by atoms with Crippen LogP contribution in [-0.4, -0.2) is 25.9 Å². The average Bonchev–Trinajstić information content (AvgIpc) is 4.14. The SMILES string of the molecule is CB(c1ccc(-c2cc(-c3ccc(-c4ccc(C#N)c(B(C)C5CC5)c4)cc3)cc(-c3cccc(-c4ccc(S(C)(C)c5ccccc5)c(C#N)c4)c3)c2)cc1)C1CCC1. The predicted octanol–water partition coefficient (Wildman–Crippen LogP) is 13.6. The fourth-order valence-corrected chi connectivity index (χ4v) is 11.4. The molecule has 0 aromatic heterocycles. The van der Waals surface area contributed by atoms with E-state index in [4.69, 9.17) is 0 Å². The Balaban J connectivity index is 1.08.